The smallest absolute Gasteiger partial charge is 0.401 e. The highest BCUT2D eigenvalue weighted by molar-refractivity contribution is 5.80. The van der Waals surface area contributed by atoms with E-state index in [1.54, 1.807) is 20.9 Å². The molecule has 0 heterocycles. The molecule has 0 radical (unpaired) electrons. The lowest BCUT2D eigenvalue weighted by Crippen LogP contribution is -2.48. The topological polar surface area (TPSA) is 41.6 Å². The van der Waals surface area contributed by atoms with Crippen LogP contribution in [0.3, 0.4) is 0 Å². The molecule has 1 atom stereocenters. The molecule has 0 aliphatic heterocycles. The SMILES string of the molecule is CCN(CCCCC(C)(NC)C(=O)OC)CC(F)(F)F. The summed E-state index contributed by atoms with van der Waals surface area (Å²) in [7, 11) is 2.99. The van der Waals surface area contributed by atoms with Crippen LogP contribution in [0.2, 0.25) is 0 Å². The molecule has 0 aliphatic carbocycles. The van der Waals surface area contributed by atoms with Crippen molar-refractivity contribution in [2.45, 2.75) is 44.8 Å². The number of halogens is 3. The first-order chi connectivity index (χ1) is 9.18. The van der Waals surface area contributed by atoms with Crippen LogP contribution in [0.4, 0.5) is 13.2 Å². The van der Waals surface area contributed by atoms with Gasteiger partial charge >= 0.3 is 12.1 Å². The minimum absolute atomic E-state index is 0.359. The van der Waals surface area contributed by atoms with E-state index in [1.807, 2.05) is 0 Å². The summed E-state index contributed by atoms with van der Waals surface area (Å²) in [4.78, 5) is 12.9. The number of esters is 1. The number of carbonyl (C=O) groups excluding carboxylic acids is 1. The molecule has 0 spiro atoms. The van der Waals surface area contributed by atoms with Crippen molar-refractivity contribution in [1.82, 2.24) is 10.2 Å². The van der Waals surface area contributed by atoms with Gasteiger partial charge in [-0.3, -0.25) is 9.69 Å². The number of methoxy groups -OCH3 is 1. The van der Waals surface area contributed by atoms with E-state index in [0.29, 0.717) is 32.4 Å². The minimum Gasteiger partial charge on any atom is -0.468 e. The Bertz CT molecular complexity index is 298. The zero-order valence-electron chi connectivity index (χ0n) is 12.6. The maximum absolute atomic E-state index is 12.3. The van der Waals surface area contributed by atoms with Crippen LogP contribution in [-0.4, -0.2) is 56.4 Å². The molecule has 0 saturated heterocycles. The standard InChI is InChI=1S/C13H25F3N2O2/c1-5-18(10-13(14,15)16)9-7-6-8-12(2,17-3)11(19)20-4/h17H,5-10H2,1-4H3. The zero-order chi connectivity index (χ0) is 15.8. The van der Waals surface area contributed by atoms with Gasteiger partial charge in [-0.15, -0.1) is 0 Å². The third kappa shape index (κ3) is 7.09. The number of ether oxygens (including phenoxy) is 1. The van der Waals surface area contributed by atoms with E-state index < -0.39 is 18.3 Å². The first-order valence-corrected chi connectivity index (χ1v) is 6.75. The summed E-state index contributed by atoms with van der Waals surface area (Å²) in [6.45, 7) is 3.28. The molecule has 0 rings (SSSR count). The first kappa shape index (κ1) is 19.2. The number of alkyl halides is 3. The highest BCUT2D eigenvalue weighted by Gasteiger charge is 2.32. The third-order valence-corrected chi connectivity index (χ3v) is 3.44. The fourth-order valence-electron chi connectivity index (χ4n) is 1.97. The quantitative estimate of drug-likeness (QED) is 0.523. The maximum atomic E-state index is 12.3. The van der Waals surface area contributed by atoms with Crippen molar-refractivity contribution >= 4 is 5.97 Å². The molecular formula is C13H25F3N2O2. The zero-order valence-corrected chi connectivity index (χ0v) is 12.6. The summed E-state index contributed by atoms with van der Waals surface area (Å²) in [5.74, 6) is -0.359. The second-order valence-corrected chi connectivity index (χ2v) is 5.01. The fraction of sp³-hybridized carbons (Fsp3) is 0.923. The van der Waals surface area contributed by atoms with E-state index in [2.05, 4.69) is 5.32 Å². The van der Waals surface area contributed by atoms with Gasteiger partial charge in [0.25, 0.3) is 0 Å². The number of likely N-dealkylation sites (N-methyl/N-ethyl adjacent to an activating group) is 1. The number of nitrogens with one attached hydrogen (secondary N) is 1. The van der Waals surface area contributed by atoms with Crippen molar-refractivity contribution in [3.05, 3.63) is 0 Å². The lowest BCUT2D eigenvalue weighted by Gasteiger charge is -2.27. The van der Waals surface area contributed by atoms with Crippen LogP contribution in [0.25, 0.3) is 0 Å². The van der Waals surface area contributed by atoms with Crippen molar-refractivity contribution in [2.24, 2.45) is 0 Å². The molecule has 0 aliphatic rings. The molecule has 20 heavy (non-hydrogen) atoms. The second-order valence-electron chi connectivity index (χ2n) is 5.01. The van der Waals surface area contributed by atoms with Crippen molar-refractivity contribution in [1.29, 1.82) is 0 Å². The summed E-state index contributed by atoms with van der Waals surface area (Å²) in [6, 6.07) is 0. The lowest BCUT2D eigenvalue weighted by atomic mass is 9.95. The molecular weight excluding hydrogens is 273 g/mol. The largest absolute Gasteiger partial charge is 0.468 e. The van der Waals surface area contributed by atoms with E-state index in [9.17, 15) is 18.0 Å². The molecule has 0 amide bonds. The minimum atomic E-state index is -4.17. The first-order valence-electron chi connectivity index (χ1n) is 6.75. The maximum Gasteiger partial charge on any atom is 0.401 e. The molecule has 0 aromatic heterocycles. The van der Waals surface area contributed by atoms with Crippen LogP contribution >= 0.6 is 0 Å². The average molecular weight is 298 g/mol. The monoisotopic (exact) mass is 298 g/mol. The predicted molar refractivity (Wildman–Crippen MR) is 71.5 cm³/mol. The Morgan fingerprint density at radius 2 is 1.90 bits per heavy atom. The number of carbonyl (C=O) groups is 1. The Hall–Kier alpha value is -0.820. The van der Waals surface area contributed by atoms with E-state index in [1.165, 1.54) is 12.0 Å². The van der Waals surface area contributed by atoms with Crippen LogP contribution < -0.4 is 5.32 Å². The van der Waals surface area contributed by atoms with E-state index in [-0.39, 0.29) is 5.97 Å². The molecule has 0 saturated carbocycles. The Morgan fingerprint density at radius 1 is 1.30 bits per heavy atom. The number of hydrogen-bond acceptors (Lipinski definition) is 4. The van der Waals surface area contributed by atoms with Crippen LogP contribution in [0.15, 0.2) is 0 Å². The van der Waals surface area contributed by atoms with Gasteiger partial charge in [0.1, 0.15) is 5.54 Å². The van der Waals surface area contributed by atoms with Gasteiger partial charge in [0, 0.05) is 0 Å². The van der Waals surface area contributed by atoms with E-state index >= 15 is 0 Å². The van der Waals surface area contributed by atoms with Gasteiger partial charge in [-0.2, -0.15) is 13.2 Å². The molecule has 7 heteroatoms. The fourth-order valence-corrected chi connectivity index (χ4v) is 1.97. The van der Waals surface area contributed by atoms with Crippen molar-refractivity contribution in [3.8, 4) is 0 Å². The van der Waals surface area contributed by atoms with Crippen LogP contribution in [-0.2, 0) is 9.53 Å². The highest BCUT2D eigenvalue weighted by Crippen LogP contribution is 2.18. The summed E-state index contributed by atoms with van der Waals surface area (Å²) in [5, 5.41) is 2.90. The number of hydrogen-bond donors (Lipinski definition) is 1. The number of rotatable bonds is 9. The Morgan fingerprint density at radius 3 is 2.30 bits per heavy atom. The molecule has 0 bridgehead atoms. The molecule has 0 aromatic carbocycles. The number of unbranched alkanes of at least 4 members (excludes halogenated alkanes) is 1. The van der Waals surface area contributed by atoms with E-state index in [0.717, 1.165) is 0 Å². The molecule has 0 aromatic rings. The van der Waals surface area contributed by atoms with Gasteiger partial charge in [0.05, 0.1) is 13.7 Å². The summed E-state index contributed by atoms with van der Waals surface area (Å²) in [5.41, 5.74) is -0.782. The van der Waals surface area contributed by atoms with E-state index in [4.69, 9.17) is 4.74 Å². The Labute approximate surface area is 118 Å². The van der Waals surface area contributed by atoms with Gasteiger partial charge in [-0.25, -0.2) is 0 Å². The predicted octanol–water partition coefficient (Wildman–Crippen LogP) is 2.19. The normalized spacial score (nSPS) is 15.2. The van der Waals surface area contributed by atoms with Crippen molar-refractivity contribution in [3.63, 3.8) is 0 Å². The molecule has 1 N–H and O–H groups in total. The summed E-state index contributed by atoms with van der Waals surface area (Å²) < 4.78 is 41.6. The lowest BCUT2D eigenvalue weighted by molar-refractivity contribution is -0.148. The molecule has 0 fully saturated rings. The molecule has 120 valence electrons. The molecule has 4 nitrogen and oxygen atoms in total. The van der Waals surface area contributed by atoms with Crippen molar-refractivity contribution in [2.75, 3.05) is 33.8 Å². The Balaban J connectivity index is 4.13. The highest BCUT2D eigenvalue weighted by atomic mass is 19.4. The van der Waals surface area contributed by atoms with Crippen LogP contribution in [0, 0.1) is 0 Å². The molecule has 1 unspecified atom stereocenters. The number of nitrogens with zero attached hydrogens (tertiary/aromatic N) is 1. The van der Waals surface area contributed by atoms with Gasteiger partial charge in [0.2, 0.25) is 0 Å². The third-order valence-electron chi connectivity index (χ3n) is 3.44. The van der Waals surface area contributed by atoms with Gasteiger partial charge in [0.15, 0.2) is 0 Å². The Kier molecular flexibility index (Phi) is 8.12. The summed E-state index contributed by atoms with van der Waals surface area (Å²) >= 11 is 0. The van der Waals surface area contributed by atoms with Crippen LogP contribution in [0.5, 0.6) is 0 Å². The second kappa shape index (κ2) is 8.46. The summed E-state index contributed by atoms with van der Waals surface area (Å²) in [6.07, 6.45) is -2.37. The van der Waals surface area contributed by atoms with Crippen molar-refractivity contribution < 1.29 is 22.7 Å². The van der Waals surface area contributed by atoms with Gasteiger partial charge < -0.3 is 10.1 Å². The van der Waals surface area contributed by atoms with Crippen LogP contribution in [0.1, 0.15) is 33.1 Å². The average Bonchev–Trinajstić information content (AvgIpc) is 2.39. The van der Waals surface area contributed by atoms with Gasteiger partial charge in [-0.05, 0) is 46.3 Å². The van der Waals surface area contributed by atoms with Gasteiger partial charge in [-0.1, -0.05) is 6.92 Å².